The van der Waals surface area contributed by atoms with E-state index in [9.17, 15) is 9.59 Å². The highest BCUT2D eigenvalue weighted by molar-refractivity contribution is 8.00. The Bertz CT molecular complexity index is 1280. The first kappa shape index (κ1) is 20.0. The Morgan fingerprint density at radius 1 is 1.13 bits per heavy atom. The normalized spacial score (nSPS) is 10.9. The number of urea groups is 1. The zero-order chi connectivity index (χ0) is 21.1. The summed E-state index contributed by atoms with van der Waals surface area (Å²) in [5, 5.41) is 14.0. The molecule has 0 saturated heterocycles. The number of carbonyl (C=O) groups excluding carboxylic acids is 1. The van der Waals surface area contributed by atoms with Gasteiger partial charge in [0.1, 0.15) is 5.65 Å². The Labute approximate surface area is 180 Å². The average molecular weight is 439 g/mol. The van der Waals surface area contributed by atoms with Gasteiger partial charge in [-0.15, -0.1) is 10.2 Å². The van der Waals surface area contributed by atoms with Gasteiger partial charge >= 0.3 is 6.03 Å². The Morgan fingerprint density at radius 3 is 2.80 bits per heavy atom. The van der Waals surface area contributed by atoms with E-state index < -0.39 is 0 Å². The molecule has 0 aliphatic rings. The molecule has 0 atom stereocenters. The molecule has 3 aromatic heterocycles. The number of nitrogens with zero attached hydrogens (tertiary/aromatic N) is 4. The number of para-hydroxylation sites is 1. The van der Waals surface area contributed by atoms with Crippen molar-refractivity contribution in [3.05, 3.63) is 75.8 Å². The molecule has 3 heterocycles. The van der Waals surface area contributed by atoms with E-state index in [1.807, 2.05) is 50.2 Å². The van der Waals surface area contributed by atoms with Gasteiger partial charge in [-0.2, -0.15) is 0 Å². The first-order valence-electron chi connectivity index (χ1n) is 9.07. The molecule has 0 spiro atoms. The van der Waals surface area contributed by atoms with Crippen molar-refractivity contribution < 1.29 is 4.79 Å². The van der Waals surface area contributed by atoms with E-state index in [0.717, 1.165) is 16.8 Å². The third-order valence-corrected chi connectivity index (χ3v) is 6.23. The van der Waals surface area contributed by atoms with Gasteiger partial charge in [0.25, 0.3) is 5.56 Å². The monoisotopic (exact) mass is 438 g/mol. The smallest absolute Gasteiger partial charge is 0.307 e. The van der Waals surface area contributed by atoms with Crippen molar-refractivity contribution in [2.75, 3.05) is 10.6 Å². The number of pyridine rings is 1. The number of nitrogens with one attached hydrogen (secondary N) is 2. The minimum absolute atomic E-state index is 0.119. The Hall–Kier alpha value is -3.24. The van der Waals surface area contributed by atoms with Gasteiger partial charge < -0.3 is 5.32 Å². The van der Waals surface area contributed by atoms with Gasteiger partial charge in [-0.1, -0.05) is 47.4 Å². The molecule has 0 fully saturated rings. The number of rotatable bonds is 5. The molecule has 4 rings (SSSR count). The first-order valence-corrected chi connectivity index (χ1v) is 10.9. The molecular formula is C20H18N6O2S2. The summed E-state index contributed by atoms with van der Waals surface area (Å²) in [5.74, 6) is 0.476. The van der Waals surface area contributed by atoms with Crippen molar-refractivity contribution in [3.63, 3.8) is 0 Å². The van der Waals surface area contributed by atoms with Crippen LogP contribution in [-0.4, -0.2) is 25.6 Å². The maximum absolute atomic E-state index is 12.3. The van der Waals surface area contributed by atoms with Crippen LogP contribution in [-0.2, 0) is 5.75 Å². The molecule has 4 aromatic rings. The molecule has 152 valence electrons. The van der Waals surface area contributed by atoms with Gasteiger partial charge in [0.05, 0.1) is 5.69 Å². The number of hydrogen-bond donors (Lipinski definition) is 2. The molecule has 8 nitrogen and oxygen atoms in total. The molecule has 2 N–H and O–H groups in total. The second-order valence-corrected chi connectivity index (χ2v) is 8.78. The lowest BCUT2D eigenvalue weighted by molar-refractivity contribution is 0.262. The minimum atomic E-state index is -0.378. The van der Waals surface area contributed by atoms with Crippen molar-refractivity contribution in [2.45, 2.75) is 23.9 Å². The third kappa shape index (κ3) is 4.66. The lowest BCUT2D eigenvalue weighted by Crippen LogP contribution is -2.19. The highest BCUT2D eigenvalue weighted by atomic mass is 32.2. The van der Waals surface area contributed by atoms with E-state index in [-0.39, 0.29) is 11.6 Å². The van der Waals surface area contributed by atoms with Gasteiger partial charge in [0.15, 0.2) is 4.34 Å². The van der Waals surface area contributed by atoms with Gasteiger partial charge in [0.2, 0.25) is 5.13 Å². The first-order chi connectivity index (χ1) is 14.5. The Balaban J connectivity index is 1.38. The number of benzene rings is 1. The highest BCUT2D eigenvalue weighted by Gasteiger charge is 2.11. The molecule has 0 bridgehead atoms. The summed E-state index contributed by atoms with van der Waals surface area (Å²) < 4.78 is 2.20. The van der Waals surface area contributed by atoms with Crippen LogP contribution < -0.4 is 16.2 Å². The molecule has 0 aliphatic heterocycles. The molecule has 10 heteroatoms. The SMILES string of the molecule is Cc1ccc2nc(CSc3nnc(NC(=O)Nc4ccccc4C)s3)cc(=O)n2c1. The summed E-state index contributed by atoms with van der Waals surface area (Å²) in [4.78, 5) is 29.0. The summed E-state index contributed by atoms with van der Waals surface area (Å²) >= 11 is 2.67. The quantitative estimate of drug-likeness (QED) is 0.359. The van der Waals surface area contributed by atoms with Crippen molar-refractivity contribution in [2.24, 2.45) is 0 Å². The second-order valence-electron chi connectivity index (χ2n) is 6.58. The molecule has 2 amide bonds. The summed E-state index contributed by atoms with van der Waals surface area (Å²) in [6, 6.07) is 12.4. The Kier molecular flexibility index (Phi) is 5.77. The number of amides is 2. The number of aromatic nitrogens is 4. The second kappa shape index (κ2) is 8.64. The fourth-order valence-electron chi connectivity index (χ4n) is 2.75. The summed E-state index contributed by atoms with van der Waals surface area (Å²) in [5.41, 5.74) is 3.85. The maximum Gasteiger partial charge on any atom is 0.325 e. The summed E-state index contributed by atoms with van der Waals surface area (Å²) in [6.45, 7) is 3.85. The van der Waals surface area contributed by atoms with E-state index in [2.05, 4.69) is 25.8 Å². The van der Waals surface area contributed by atoms with Crippen molar-refractivity contribution in [1.82, 2.24) is 19.6 Å². The Morgan fingerprint density at radius 2 is 1.97 bits per heavy atom. The van der Waals surface area contributed by atoms with Crippen LogP contribution in [0.1, 0.15) is 16.8 Å². The van der Waals surface area contributed by atoms with Crippen LogP contribution in [0.15, 0.2) is 57.8 Å². The predicted molar refractivity (Wildman–Crippen MR) is 119 cm³/mol. The molecule has 0 radical (unpaired) electrons. The topological polar surface area (TPSA) is 101 Å². The number of aryl methyl sites for hydroxylation is 2. The van der Waals surface area contributed by atoms with Crippen LogP contribution >= 0.6 is 23.1 Å². The predicted octanol–water partition coefficient (Wildman–Crippen LogP) is 4.10. The number of fused-ring (bicyclic) bond motifs is 1. The molecule has 1 aromatic carbocycles. The molecule has 0 unspecified atom stereocenters. The lowest BCUT2D eigenvalue weighted by Gasteiger charge is -2.07. The lowest BCUT2D eigenvalue weighted by atomic mass is 10.2. The fraction of sp³-hybridized carbons (Fsp3) is 0.150. The van der Waals surface area contributed by atoms with Gasteiger partial charge in [-0.3, -0.25) is 14.5 Å². The maximum atomic E-state index is 12.3. The fourth-order valence-corrected chi connectivity index (χ4v) is 4.39. The van der Waals surface area contributed by atoms with Crippen LogP contribution in [0, 0.1) is 13.8 Å². The van der Waals surface area contributed by atoms with Gasteiger partial charge in [-0.25, -0.2) is 9.78 Å². The number of hydrogen-bond acceptors (Lipinski definition) is 7. The van der Waals surface area contributed by atoms with Crippen LogP contribution in [0.3, 0.4) is 0 Å². The number of carbonyl (C=O) groups is 1. The molecule has 0 aliphatic carbocycles. The largest absolute Gasteiger partial charge is 0.325 e. The number of anilines is 2. The van der Waals surface area contributed by atoms with E-state index in [4.69, 9.17) is 0 Å². The third-order valence-electron chi connectivity index (χ3n) is 4.22. The van der Waals surface area contributed by atoms with Crippen LogP contribution in [0.25, 0.3) is 5.65 Å². The minimum Gasteiger partial charge on any atom is -0.307 e. The van der Waals surface area contributed by atoms with Crippen LogP contribution in [0.4, 0.5) is 15.6 Å². The van der Waals surface area contributed by atoms with Crippen LogP contribution in [0.5, 0.6) is 0 Å². The summed E-state index contributed by atoms with van der Waals surface area (Å²) in [6.07, 6.45) is 1.77. The molecular weight excluding hydrogens is 420 g/mol. The van der Waals surface area contributed by atoms with Crippen molar-refractivity contribution >= 4 is 45.6 Å². The molecule has 0 saturated carbocycles. The standard InChI is InChI=1S/C20H18N6O2S2/c1-12-7-8-16-21-14(9-17(27)26(16)10-12)11-29-20-25-24-19(30-20)23-18(28)22-15-6-4-3-5-13(15)2/h3-10H,11H2,1-2H3,(H2,22,23,24,28). The van der Waals surface area contributed by atoms with E-state index in [1.54, 1.807) is 6.20 Å². The zero-order valence-electron chi connectivity index (χ0n) is 16.2. The van der Waals surface area contributed by atoms with E-state index in [1.165, 1.54) is 33.6 Å². The van der Waals surface area contributed by atoms with Crippen molar-refractivity contribution in [1.29, 1.82) is 0 Å². The summed E-state index contributed by atoms with van der Waals surface area (Å²) in [7, 11) is 0. The van der Waals surface area contributed by atoms with Crippen LogP contribution in [0.2, 0.25) is 0 Å². The highest BCUT2D eigenvalue weighted by Crippen LogP contribution is 2.28. The van der Waals surface area contributed by atoms with E-state index >= 15 is 0 Å². The zero-order valence-corrected chi connectivity index (χ0v) is 17.9. The van der Waals surface area contributed by atoms with Crippen molar-refractivity contribution in [3.8, 4) is 0 Å². The average Bonchev–Trinajstić information content (AvgIpc) is 3.16. The van der Waals surface area contributed by atoms with Gasteiger partial charge in [-0.05, 0) is 37.1 Å². The van der Waals surface area contributed by atoms with E-state index in [0.29, 0.717) is 26.6 Å². The van der Waals surface area contributed by atoms with Gasteiger partial charge in [0, 0.05) is 23.7 Å². The number of thioether (sulfide) groups is 1. The molecule has 30 heavy (non-hydrogen) atoms.